The maximum Gasteiger partial charge on any atom is 0.338 e. The fraction of sp³-hybridized carbons (Fsp3) is 0.350. The molecule has 2 aromatic rings. The number of hydrogen-bond acceptors (Lipinski definition) is 9. The molecule has 3 rings (SSSR count). The average Bonchev–Trinajstić information content (AvgIpc) is 2.73. The van der Waals surface area contributed by atoms with Gasteiger partial charge in [0.1, 0.15) is 42.5 Å². The van der Waals surface area contributed by atoms with Crippen molar-refractivity contribution in [3.63, 3.8) is 0 Å². The largest absolute Gasteiger partial charge is 0.507 e. The molecule has 1 fully saturated rings. The van der Waals surface area contributed by atoms with Crippen LogP contribution in [-0.2, 0) is 16.1 Å². The molecule has 156 valence electrons. The van der Waals surface area contributed by atoms with E-state index in [0.717, 1.165) is 0 Å². The Labute approximate surface area is 166 Å². The molecule has 1 saturated heterocycles. The Kier molecular flexibility index (Phi) is 6.68. The summed E-state index contributed by atoms with van der Waals surface area (Å²) in [6, 6.07) is 12.3. The van der Waals surface area contributed by atoms with Crippen molar-refractivity contribution in [1.29, 1.82) is 0 Å². The minimum absolute atomic E-state index is 0.104. The van der Waals surface area contributed by atoms with Gasteiger partial charge in [-0.15, -0.1) is 0 Å². The van der Waals surface area contributed by atoms with Crippen LogP contribution in [0.4, 0.5) is 0 Å². The zero-order valence-electron chi connectivity index (χ0n) is 15.3. The smallest absolute Gasteiger partial charge is 0.338 e. The van der Waals surface area contributed by atoms with Crippen LogP contribution in [0.5, 0.6) is 11.5 Å². The molecule has 2 aromatic carbocycles. The quantitative estimate of drug-likeness (QED) is 0.416. The van der Waals surface area contributed by atoms with E-state index in [-0.39, 0.29) is 30.3 Å². The lowest BCUT2D eigenvalue weighted by Crippen LogP contribution is -2.60. The first-order valence-electron chi connectivity index (χ1n) is 8.92. The molecule has 9 heteroatoms. The van der Waals surface area contributed by atoms with Gasteiger partial charge in [0.25, 0.3) is 0 Å². The standard InChI is InChI=1S/C20H22O9/c21-9-12-6-7-13(8-14(12)22)28-20-18(25)17(24)16(23)15(29-20)10-27-19(26)11-4-2-1-3-5-11/h1-8,15-18,20-25H,9-10H2. The van der Waals surface area contributed by atoms with E-state index in [1.54, 1.807) is 30.3 Å². The molecule has 0 aromatic heterocycles. The summed E-state index contributed by atoms with van der Waals surface area (Å²) in [5, 5.41) is 49.3. The van der Waals surface area contributed by atoms with Gasteiger partial charge in [-0.3, -0.25) is 0 Å². The lowest BCUT2D eigenvalue weighted by molar-refractivity contribution is -0.277. The van der Waals surface area contributed by atoms with E-state index in [4.69, 9.17) is 19.3 Å². The fourth-order valence-corrected chi connectivity index (χ4v) is 2.85. The molecule has 1 heterocycles. The van der Waals surface area contributed by atoms with Crippen LogP contribution >= 0.6 is 0 Å². The molecular formula is C20H22O9. The van der Waals surface area contributed by atoms with Crippen molar-refractivity contribution in [3.05, 3.63) is 59.7 Å². The van der Waals surface area contributed by atoms with E-state index in [0.29, 0.717) is 5.56 Å². The van der Waals surface area contributed by atoms with Gasteiger partial charge in [-0.05, 0) is 24.3 Å². The second-order valence-corrected chi connectivity index (χ2v) is 6.55. The van der Waals surface area contributed by atoms with Crippen LogP contribution in [0.1, 0.15) is 15.9 Å². The number of phenols is 1. The molecule has 0 radical (unpaired) electrons. The van der Waals surface area contributed by atoms with E-state index in [9.17, 15) is 25.2 Å². The van der Waals surface area contributed by atoms with Gasteiger partial charge in [-0.2, -0.15) is 0 Å². The first-order valence-corrected chi connectivity index (χ1v) is 8.92. The Bertz CT molecular complexity index is 826. The highest BCUT2D eigenvalue weighted by molar-refractivity contribution is 5.89. The summed E-state index contributed by atoms with van der Waals surface area (Å²) in [7, 11) is 0. The summed E-state index contributed by atoms with van der Waals surface area (Å²) >= 11 is 0. The van der Waals surface area contributed by atoms with Gasteiger partial charge in [-0.1, -0.05) is 18.2 Å². The van der Waals surface area contributed by atoms with Gasteiger partial charge in [-0.25, -0.2) is 4.79 Å². The van der Waals surface area contributed by atoms with Gasteiger partial charge in [0, 0.05) is 11.6 Å². The molecule has 0 spiro atoms. The molecule has 0 aliphatic carbocycles. The minimum Gasteiger partial charge on any atom is -0.507 e. The van der Waals surface area contributed by atoms with Crippen molar-refractivity contribution >= 4 is 5.97 Å². The number of aliphatic hydroxyl groups is 4. The van der Waals surface area contributed by atoms with E-state index in [1.165, 1.54) is 18.2 Å². The molecular weight excluding hydrogens is 384 g/mol. The van der Waals surface area contributed by atoms with Gasteiger partial charge in [0.2, 0.25) is 6.29 Å². The molecule has 0 bridgehead atoms. The van der Waals surface area contributed by atoms with Crippen LogP contribution in [0.3, 0.4) is 0 Å². The number of aromatic hydroxyl groups is 1. The van der Waals surface area contributed by atoms with Crippen molar-refractivity contribution in [2.24, 2.45) is 0 Å². The highest BCUT2D eigenvalue weighted by Gasteiger charge is 2.45. The van der Waals surface area contributed by atoms with Gasteiger partial charge < -0.3 is 39.7 Å². The SMILES string of the molecule is O=C(OCC1OC(Oc2ccc(CO)c(O)c2)C(O)C(O)C1O)c1ccccc1. The number of benzene rings is 2. The third-order valence-electron chi connectivity index (χ3n) is 4.54. The van der Waals surface area contributed by atoms with E-state index < -0.39 is 36.7 Å². The molecule has 1 aliphatic heterocycles. The Morgan fingerprint density at radius 3 is 2.38 bits per heavy atom. The number of rotatable bonds is 6. The molecule has 9 nitrogen and oxygen atoms in total. The van der Waals surface area contributed by atoms with Crippen LogP contribution < -0.4 is 4.74 Å². The van der Waals surface area contributed by atoms with Crippen molar-refractivity contribution in [2.75, 3.05) is 6.61 Å². The summed E-state index contributed by atoms with van der Waals surface area (Å²) in [4.78, 5) is 12.1. The average molecular weight is 406 g/mol. The predicted octanol–water partition coefficient (Wildman–Crippen LogP) is -0.0721. The molecule has 29 heavy (non-hydrogen) atoms. The summed E-state index contributed by atoms with van der Waals surface area (Å²) in [6.07, 6.45) is -7.27. The molecule has 5 unspecified atom stereocenters. The Hall–Kier alpha value is -2.69. The van der Waals surface area contributed by atoms with Crippen molar-refractivity contribution in [3.8, 4) is 11.5 Å². The number of ether oxygens (including phenoxy) is 3. The second-order valence-electron chi connectivity index (χ2n) is 6.55. The van der Waals surface area contributed by atoms with Crippen LogP contribution in [0, 0.1) is 0 Å². The van der Waals surface area contributed by atoms with E-state index in [2.05, 4.69) is 0 Å². The molecule has 1 aliphatic rings. The van der Waals surface area contributed by atoms with Gasteiger partial charge in [0.15, 0.2) is 0 Å². The molecule has 5 atom stereocenters. The van der Waals surface area contributed by atoms with Crippen LogP contribution in [0.25, 0.3) is 0 Å². The normalized spacial score (nSPS) is 26.7. The van der Waals surface area contributed by atoms with E-state index in [1.807, 2.05) is 0 Å². The first-order chi connectivity index (χ1) is 13.9. The van der Waals surface area contributed by atoms with Crippen molar-refractivity contribution in [1.82, 2.24) is 0 Å². The maximum atomic E-state index is 12.1. The zero-order valence-corrected chi connectivity index (χ0v) is 15.3. The Morgan fingerprint density at radius 2 is 1.72 bits per heavy atom. The topological polar surface area (TPSA) is 146 Å². The lowest BCUT2D eigenvalue weighted by atomic mass is 9.99. The van der Waals surface area contributed by atoms with E-state index >= 15 is 0 Å². The van der Waals surface area contributed by atoms with Crippen molar-refractivity contribution < 1.29 is 44.5 Å². The minimum atomic E-state index is -1.61. The fourth-order valence-electron chi connectivity index (χ4n) is 2.85. The second kappa shape index (κ2) is 9.21. The van der Waals surface area contributed by atoms with Gasteiger partial charge >= 0.3 is 5.97 Å². The highest BCUT2D eigenvalue weighted by atomic mass is 16.7. The number of carbonyl (C=O) groups is 1. The Morgan fingerprint density at radius 1 is 1.00 bits per heavy atom. The van der Waals surface area contributed by atoms with Crippen LogP contribution in [0.15, 0.2) is 48.5 Å². The van der Waals surface area contributed by atoms with Crippen LogP contribution in [0.2, 0.25) is 0 Å². The zero-order chi connectivity index (χ0) is 21.0. The third-order valence-corrected chi connectivity index (χ3v) is 4.54. The molecule has 0 saturated carbocycles. The predicted molar refractivity (Wildman–Crippen MR) is 98.1 cm³/mol. The summed E-state index contributed by atoms with van der Waals surface area (Å²) in [5.74, 6) is -0.749. The summed E-state index contributed by atoms with van der Waals surface area (Å²) < 4.78 is 16.1. The van der Waals surface area contributed by atoms with Crippen LogP contribution in [-0.4, -0.2) is 68.8 Å². The summed E-state index contributed by atoms with van der Waals surface area (Å²) in [6.45, 7) is -0.748. The monoisotopic (exact) mass is 406 g/mol. The third kappa shape index (κ3) is 4.84. The molecule has 0 amide bonds. The number of esters is 1. The number of carbonyl (C=O) groups excluding carboxylic acids is 1. The number of aliphatic hydroxyl groups excluding tert-OH is 4. The number of hydrogen-bond donors (Lipinski definition) is 5. The van der Waals surface area contributed by atoms with Crippen molar-refractivity contribution in [2.45, 2.75) is 37.3 Å². The first kappa shape index (κ1) is 21.0. The lowest BCUT2D eigenvalue weighted by Gasteiger charge is -2.39. The maximum absolute atomic E-state index is 12.1. The molecule has 5 N–H and O–H groups in total. The Balaban J connectivity index is 1.66. The van der Waals surface area contributed by atoms with Gasteiger partial charge in [0.05, 0.1) is 12.2 Å². The summed E-state index contributed by atoms with van der Waals surface area (Å²) in [5.41, 5.74) is 0.592. The highest BCUT2D eigenvalue weighted by Crippen LogP contribution is 2.28.